The molecule has 0 aliphatic carbocycles. The molecule has 0 saturated carbocycles. The van der Waals surface area contributed by atoms with E-state index in [1.807, 2.05) is 0 Å². The average Bonchev–Trinajstić information content (AvgIpc) is 1.96. The first-order chi connectivity index (χ1) is 5.59. The lowest BCUT2D eigenvalue weighted by Gasteiger charge is -2.08. The van der Waals surface area contributed by atoms with Crippen molar-refractivity contribution >= 4 is 17.3 Å². The Morgan fingerprint density at radius 1 is 1.58 bits per heavy atom. The van der Waals surface area contributed by atoms with Crippen molar-refractivity contribution in [1.82, 2.24) is 0 Å². The highest BCUT2D eigenvalue weighted by atomic mass is 35.5. The number of aliphatic hydroxyl groups excluding tert-OH is 1. The highest BCUT2D eigenvalue weighted by Crippen LogP contribution is 2.19. The molecule has 0 spiro atoms. The van der Waals surface area contributed by atoms with Crippen LogP contribution in [0.25, 0.3) is 0 Å². The summed E-state index contributed by atoms with van der Waals surface area (Å²) in [6.45, 7) is 1.57. The molecule has 1 rings (SSSR count). The largest absolute Gasteiger partial charge is 0.374 e. The van der Waals surface area contributed by atoms with Crippen LogP contribution in [0.2, 0.25) is 5.02 Å². The van der Waals surface area contributed by atoms with Gasteiger partial charge in [0, 0.05) is 5.69 Å². The van der Waals surface area contributed by atoms with Gasteiger partial charge in [-0.15, -0.1) is 0 Å². The third kappa shape index (κ3) is 2.36. The van der Waals surface area contributed by atoms with Crippen molar-refractivity contribution in [1.29, 1.82) is 0 Å². The van der Waals surface area contributed by atoms with E-state index in [9.17, 15) is 4.39 Å². The molecule has 0 aromatic heterocycles. The molecule has 1 aromatic rings. The minimum Gasteiger partial charge on any atom is -0.374 e. The van der Waals surface area contributed by atoms with E-state index in [1.54, 1.807) is 6.92 Å². The molecule has 66 valence electrons. The lowest BCUT2D eigenvalue weighted by molar-refractivity contribution is 0.224. The van der Waals surface area contributed by atoms with Crippen molar-refractivity contribution in [2.24, 2.45) is 0 Å². The number of anilines is 1. The van der Waals surface area contributed by atoms with Gasteiger partial charge in [-0.05, 0) is 25.1 Å². The van der Waals surface area contributed by atoms with E-state index in [1.165, 1.54) is 18.2 Å². The maximum atomic E-state index is 12.6. The monoisotopic (exact) mass is 189 g/mol. The van der Waals surface area contributed by atoms with Gasteiger partial charge in [-0.2, -0.15) is 0 Å². The van der Waals surface area contributed by atoms with Gasteiger partial charge in [-0.1, -0.05) is 11.6 Å². The van der Waals surface area contributed by atoms with Crippen molar-refractivity contribution in [2.75, 3.05) is 5.32 Å². The number of benzene rings is 1. The van der Waals surface area contributed by atoms with Gasteiger partial charge in [0.15, 0.2) is 0 Å². The third-order valence-corrected chi connectivity index (χ3v) is 1.58. The van der Waals surface area contributed by atoms with Gasteiger partial charge in [0.2, 0.25) is 0 Å². The number of nitrogens with one attached hydrogen (secondary N) is 1. The van der Waals surface area contributed by atoms with Crippen molar-refractivity contribution < 1.29 is 9.50 Å². The fourth-order valence-electron chi connectivity index (χ4n) is 0.827. The van der Waals surface area contributed by atoms with Gasteiger partial charge < -0.3 is 10.4 Å². The van der Waals surface area contributed by atoms with Crippen LogP contribution >= 0.6 is 11.6 Å². The zero-order valence-corrected chi connectivity index (χ0v) is 7.27. The fraction of sp³-hybridized carbons (Fsp3) is 0.250. The van der Waals surface area contributed by atoms with Crippen LogP contribution in [0.3, 0.4) is 0 Å². The summed E-state index contributed by atoms with van der Waals surface area (Å²) in [5.74, 6) is -0.465. The zero-order chi connectivity index (χ0) is 9.14. The maximum absolute atomic E-state index is 12.6. The average molecular weight is 190 g/mol. The predicted octanol–water partition coefficient (Wildman–Crippen LogP) is 2.23. The van der Waals surface area contributed by atoms with Crippen LogP contribution in [0, 0.1) is 5.82 Å². The molecule has 0 heterocycles. The molecule has 0 aliphatic rings. The van der Waals surface area contributed by atoms with E-state index < -0.39 is 12.0 Å². The lowest BCUT2D eigenvalue weighted by atomic mass is 10.3. The minimum absolute atomic E-state index is 0.0423. The van der Waals surface area contributed by atoms with E-state index in [0.29, 0.717) is 5.69 Å². The van der Waals surface area contributed by atoms with Crippen molar-refractivity contribution in [2.45, 2.75) is 13.2 Å². The summed E-state index contributed by atoms with van der Waals surface area (Å²) in [6, 6.07) is 4.17. The molecule has 0 amide bonds. The summed E-state index contributed by atoms with van der Waals surface area (Å²) < 4.78 is 12.6. The van der Waals surface area contributed by atoms with Crippen LogP contribution in [-0.2, 0) is 0 Å². The number of hydrogen-bond acceptors (Lipinski definition) is 2. The first-order valence-electron chi connectivity index (χ1n) is 3.49. The Morgan fingerprint density at radius 2 is 2.25 bits per heavy atom. The Bertz CT molecular complexity index is 278. The Balaban J connectivity index is 2.82. The van der Waals surface area contributed by atoms with Crippen LogP contribution in [0.15, 0.2) is 18.2 Å². The summed E-state index contributed by atoms with van der Waals surface area (Å²) >= 11 is 5.50. The molecule has 4 heteroatoms. The Hall–Kier alpha value is -0.800. The molecule has 12 heavy (non-hydrogen) atoms. The maximum Gasteiger partial charge on any atom is 0.141 e. The van der Waals surface area contributed by atoms with E-state index in [0.717, 1.165) is 0 Å². The fourth-order valence-corrected chi connectivity index (χ4v) is 1.01. The summed E-state index contributed by atoms with van der Waals surface area (Å²) in [6.07, 6.45) is -0.675. The van der Waals surface area contributed by atoms with E-state index in [4.69, 9.17) is 16.7 Å². The highest BCUT2D eigenvalue weighted by molar-refractivity contribution is 6.31. The molecule has 0 unspecified atom stereocenters. The van der Waals surface area contributed by atoms with Crippen molar-refractivity contribution in [3.05, 3.63) is 29.0 Å². The first kappa shape index (κ1) is 9.29. The molecule has 0 aliphatic heterocycles. The summed E-state index contributed by atoms with van der Waals surface area (Å²) in [4.78, 5) is 0. The Kier molecular flexibility index (Phi) is 2.89. The van der Waals surface area contributed by atoms with Gasteiger partial charge in [0.25, 0.3) is 0 Å². The van der Waals surface area contributed by atoms with Gasteiger partial charge in [0.1, 0.15) is 12.0 Å². The van der Waals surface area contributed by atoms with Crippen molar-refractivity contribution in [3.8, 4) is 0 Å². The smallest absolute Gasteiger partial charge is 0.141 e. The first-order valence-corrected chi connectivity index (χ1v) is 3.87. The second-order valence-corrected chi connectivity index (χ2v) is 2.86. The van der Waals surface area contributed by atoms with Crippen LogP contribution in [-0.4, -0.2) is 11.3 Å². The molecule has 0 fully saturated rings. The Morgan fingerprint density at radius 3 is 2.75 bits per heavy atom. The second-order valence-electron chi connectivity index (χ2n) is 2.45. The topological polar surface area (TPSA) is 32.3 Å². The second kappa shape index (κ2) is 3.74. The lowest BCUT2D eigenvalue weighted by Crippen LogP contribution is -2.13. The van der Waals surface area contributed by atoms with Crippen LogP contribution < -0.4 is 5.32 Å². The predicted molar refractivity (Wildman–Crippen MR) is 46.7 cm³/mol. The molecule has 2 N–H and O–H groups in total. The van der Waals surface area contributed by atoms with Gasteiger partial charge >= 0.3 is 0 Å². The van der Waals surface area contributed by atoms with E-state index in [2.05, 4.69) is 5.32 Å². The van der Waals surface area contributed by atoms with Crippen LogP contribution in [0.4, 0.5) is 10.1 Å². The molecular weight excluding hydrogens is 181 g/mol. The minimum atomic E-state index is -0.675. The highest BCUT2D eigenvalue weighted by Gasteiger charge is 2.01. The van der Waals surface area contributed by atoms with E-state index in [-0.39, 0.29) is 5.02 Å². The molecular formula is C8H9ClFNO. The molecule has 0 radical (unpaired) electrons. The molecule has 1 atom stereocenters. The van der Waals surface area contributed by atoms with Gasteiger partial charge in [0.05, 0.1) is 5.02 Å². The molecule has 1 aromatic carbocycles. The summed E-state index contributed by atoms with van der Waals surface area (Å²) in [5.41, 5.74) is 0.594. The Labute approximate surface area is 75.0 Å². The number of aliphatic hydroxyl groups is 1. The SMILES string of the molecule is C[C@@H](O)Nc1ccc(F)c(Cl)c1. The van der Waals surface area contributed by atoms with E-state index >= 15 is 0 Å². The standard InChI is InChI=1S/C8H9ClFNO/c1-5(12)11-6-2-3-8(10)7(9)4-6/h2-5,11-12H,1H3/t5-/m1/s1. The van der Waals surface area contributed by atoms with Crippen molar-refractivity contribution in [3.63, 3.8) is 0 Å². The third-order valence-electron chi connectivity index (χ3n) is 1.30. The van der Waals surface area contributed by atoms with Gasteiger partial charge in [-0.3, -0.25) is 0 Å². The number of rotatable bonds is 2. The number of hydrogen-bond donors (Lipinski definition) is 2. The molecule has 2 nitrogen and oxygen atoms in total. The normalized spacial score (nSPS) is 12.7. The quantitative estimate of drug-likeness (QED) is 0.700. The molecule has 0 bridgehead atoms. The summed E-state index contributed by atoms with van der Waals surface area (Å²) in [7, 11) is 0. The number of halogens is 2. The van der Waals surface area contributed by atoms with Crippen LogP contribution in [0.1, 0.15) is 6.92 Å². The van der Waals surface area contributed by atoms with Crippen LogP contribution in [0.5, 0.6) is 0 Å². The molecule has 0 saturated heterocycles. The zero-order valence-electron chi connectivity index (χ0n) is 6.51. The summed E-state index contributed by atoms with van der Waals surface area (Å²) in [5, 5.41) is 11.6. The van der Waals surface area contributed by atoms with Gasteiger partial charge in [-0.25, -0.2) is 4.39 Å².